The van der Waals surface area contributed by atoms with Crippen molar-refractivity contribution in [3.8, 4) is 17.2 Å². The van der Waals surface area contributed by atoms with Crippen molar-refractivity contribution >= 4 is 22.5 Å². The average Bonchev–Trinajstić information content (AvgIpc) is 3.08. The molecule has 3 aromatic rings. The zero-order valence-corrected chi connectivity index (χ0v) is 13.7. The van der Waals surface area contributed by atoms with Crippen LogP contribution in [0.25, 0.3) is 10.9 Å². The molecule has 0 saturated carbocycles. The third-order valence-electron chi connectivity index (χ3n) is 3.74. The summed E-state index contributed by atoms with van der Waals surface area (Å²) in [5.41, 5.74) is 2.02. The largest absolute Gasteiger partial charge is 0.493 e. The fourth-order valence-electron chi connectivity index (χ4n) is 2.55. The first-order valence-electron chi connectivity index (χ1n) is 7.34. The highest BCUT2D eigenvalue weighted by Gasteiger charge is 2.15. The summed E-state index contributed by atoms with van der Waals surface area (Å²) in [6.07, 6.45) is 1.84. The van der Waals surface area contributed by atoms with Crippen LogP contribution < -0.4 is 19.5 Å². The molecule has 1 amide bonds. The number of H-pyrrole nitrogens is 1. The summed E-state index contributed by atoms with van der Waals surface area (Å²) < 4.78 is 15.9. The van der Waals surface area contributed by atoms with Crippen LogP contribution in [0.2, 0.25) is 0 Å². The fourth-order valence-corrected chi connectivity index (χ4v) is 2.55. The molecule has 2 N–H and O–H groups in total. The molecule has 6 heteroatoms. The highest BCUT2D eigenvalue weighted by molar-refractivity contribution is 6.06. The first-order chi connectivity index (χ1) is 11.7. The Labute approximate surface area is 139 Å². The molecule has 1 aromatic heterocycles. The minimum absolute atomic E-state index is 0.222. The van der Waals surface area contributed by atoms with Gasteiger partial charge in [0.15, 0.2) is 11.5 Å². The van der Waals surface area contributed by atoms with Crippen molar-refractivity contribution in [1.82, 2.24) is 4.98 Å². The summed E-state index contributed by atoms with van der Waals surface area (Å²) in [4.78, 5) is 15.6. The van der Waals surface area contributed by atoms with Gasteiger partial charge in [0.25, 0.3) is 5.91 Å². The van der Waals surface area contributed by atoms with Gasteiger partial charge in [0.2, 0.25) is 5.75 Å². The summed E-state index contributed by atoms with van der Waals surface area (Å²) in [5, 5.41) is 3.90. The van der Waals surface area contributed by atoms with Crippen molar-refractivity contribution in [2.75, 3.05) is 26.6 Å². The minimum atomic E-state index is -0.222. The smallest absolute Gasteiger partial charge is 0.255 e. The lowest BCUT2D eigenvalue weighted by Gasteiger charge is -2.14. The number of rotatable bonds is 5. The summed E-state index contributed by atoms with van der Waals surface area (Å²) in [7, 11) is 4.59. The van der Waals surface area contributed by atoms with Crippen LogP contribution in [0.4, 0.5) is 5.69 Å². The van der Waals surface area contributed by atoms with Crippen molar-refractivity contribution in [2.45, 2.75) is 0 Å². The number of nitrogens with one attached hydrogen (secondary N) is 2. The van der Waals surface area contributed by atoms with Crippen LogP contribution in [0.1, 0.15) is 10.4 Å². The van der Waals surface area contributed by atoms with Crippen molar-refractivity contribution in [3.63, 3.8) is 0 Å². The second kappa shape index (κ2) is 6.54. The number of aromatic amines is 1. The number of anilines is 1. The van der Waals surface area contributed by atoms with Gasteiger partial charge in [-0.05, 0) is 23.6 Å². The molecule has 0 radical (unpaired) electrons. The van der Waals surface area contributed by atoms with E-state index in [0.717, 1.165) is 10.9 Å². The Bertz CT molecular complexity index is 861. The van der Waals surface area contributed by atoms with Gasteiger partial charge in [-0.1, -0.05) is 6.07 Å². The molecule has 0 spiro atoms. The minimum Gasteiger partial charge on any atom is -0.493 e. The van der Waals surface area contributed by atoms with Gasteiger partial charge in [0.05, 0.1) is 21.3 Å². The van der Waals surface area contributed by atoms with E-state index in [9.17, 15) is 4.79 Å². The number of hydrogen-bond donors (Lipinski definition) is 2. The number of ether oxygens (including phenoxy) is 3. The Balaban J connectivity index is 1.90. The zero-order valence-electron chi connectivity index (χ0n) is 13.7. The van der Waals surface area contributed by atoms with Crippen molar-refractivity contribution < 1.29 is 19.0 Å². The number of amides is 1. The van der Waals surface area contributed by atoms with E-state index in [2.05, 4.69) is 10.3 Å². The number of methoxy groups -OCH3 is 3. The fraction of sp³-hybridized carbons (Fsp3) is 0.167. The van der Waals surface area contributed by atoms with Gasteiger partial charge in [0, 0.05) is 35.1 Å². The predicted octanol–water partition coefficient (Wildman–Crippen LogP) is 3.45. The molecule has 0 atom stereocenters. The Morgan fingerprint density at radius 1 is 0.958 bits per heavy atom. The molecule has 0 aliphatic heterocycles. The molecule has 0 unspecified atom stereocenters. The summed E-state index contributed by atoms with van der Waals surface area (Å²) >= 11 is 0. The van der Waals surface area contributed by atoms with Gasteiger partial charge in [-0.15, -0.1) is 0 Å². The first-order valence-corrected chi connectivity index (χ1v) is 7.34. The molecule has 1 heterocycles. The van der Waals surface area contributed by atoms with Gasteiger partial charge >= 0.3 is 0 Å². The molecule has 0 aliphatic rings. The zero-order chi connectivity index (χ0) is 17.1. The molecule has 3 rings (SSSR count). The molecular weight excluding hydrogens is 308 g/mol. The number of aromatic nitrogens is 1. The van der Waals surface area contributed by atoms with Crippen LogP contribution >= 0.6 is 0 Å². The van der Waals surface area contributed by atoms with E-state index in [-0.39, 0.29) is 5.91 Å². The summed E-state index contributed by atoms with van der Waals surface area (Å²) in [6, 6.07) is 10.8. The maximum Gasteiger partial charge on any atom is 0.255 e. The molecule has 2 aromatic carbocycles. The topological polar surface area (TPSA) is 72.6 Å². The molecule has 0 fully saturated rings. The van der Waals surface area contributed by atoms with Crippen LogP contribution in [0.15, 0.2) is 42.6 Å². The van der Waals surface area contributed by atoms with Crippen molar-refractivity contribution in [2.24, 2.45) is 0 Å². The van der Waals surface area contributed by atoms with Crippen LogP contribution in [0.5, 0.6) is 17.2 Å². The van der Waals surface area contributed by atoms with Crippen molar-refractivity contribution in [3.05, 3.63) is 48.2 Å². The van der Waals surface area contributed by atoms with E-state index in [1.54, 1.807) is 18.2 Å². The second-order valence-electron chi connectivity index (χ2n) is 5.15. The molecule has 6 nitrogen and oxygen atoms in total. The molecule has 0 saturated heterocycles. The standard InChI is InChI=1S/C18H18N2O4/c1-22-15-9-13(10-16(23-2)17(15)24-3)20-18(21)12-5-4-11-6-7-19-14(11)8-12/h4-10,19H,1-3H3,(H,20,21). The van der Waals surface area contributed by atoms with Crippen LogP contribution in [-0.2, 0) is 0 Å². The number of carbonyl (C=O) groups is 1. The number of hydrogen-bond acceptors (Lipinski definition) is 4. The Morgan fingerprint density at radius 3 is 2.29 bits per heavy atom. The molecule has 0 aliphatic carbocycles. The maximum absolute atomic E-state index is 12.5. The average molecular weight is 326 g/mol. The van der Waals surface area contributed by atoms with E-state index in [1.165, 1.54) is 21.3 Å². The van der Waals surface area contributed by atoms with Crippen LogP contribution in [0, 0.1) is 0 Å². The van der Waals surface area contributed by atoms with E-state index in [0.29, 0.717) is 28.5 Å². The molecular formula is C18H18N2O4. The van der Waals surface area contributed by atoms with Crippen LogP contribution in [0.3, 0.4) is 0 Å². The van der Waals surface area contributed by atoms with Gasteiger partial charge < -0.3 is 24.5 Å². The number of fused-ring (bicyclic) bond motifs is 1. The van der Waals surface area contributed by atoms with Crippen molar-refractivity contribution in [1.29, 1.82) is 0 Å². The van der Waals surface area contributed by atoms with Gasteiger partial charge in [0.1, 0.15) is 0 Å². The quantitative estimate of drug-likeness (QED) is 0.753. The highest BCUT2D eigenvalue weighted by atomic mass is 16.5. The van der Waals surface area contributed by atoms with E-state index >= 15 is 0 Å². The lowest BCUT2D eigenvalue weighted by Crippen LogP contribution is -2.12. The Morgan fingerprint density at radius 2 is 1.67 bits per heavy atom. The van der Waals surface area contributed by atoms with Gasteiger partial charge in [-0.25, -0.2) is 0 Å². The van der Waals surface area contributed by atoms with E-state index < -0.39 is 0 Å². The van der Waals surface area contributed by atoms with E-state index in [4.69, 9.17) is 14.2 Å². The number of benzene rings is 2. The predicted molar refractivity (Wildman–Crippen MR) is 92.3 cm³/mol. The summed E-state index contributed by atoms with van der Waals surface area (Å²) in [6.45, 7) is 0. The SMILES string of the molecule is COc1cc(NC(=O)c2ccc3cc[nH]c3c2)cc(OC)c1OC. The maximum atomic E-state index is 12.5. The Kier molecular flexibility index (Phi) is 4.29. The van der Waals surface area contributed by atoms with Gasteiger partial charge in [-0.3, -0.25) is 4.79 Å². The first kappa shape index (κ1) is 15.7. The Hall–Kier alpha value is -3.15. The highest BCUT2D eigenvalue weighted by Crippen LogP contribution is 2.40. The molecule has 124 valence electrons. The third kappa shape index (κ3) is 2.86. The van der Waals surface area contributed by atoms with Crippen LogP contribution in [-0.4, -0.2) is 32.2 Å². The van der Waals surface area contributed by atoms with Gasteiger partial charge in [-0.2, -0.15) is 0 Å². The molecule has 0 bridgehead atoms. The summed E-state index contributed by atoms with van der Waals surface area (Å²) in [5.74, 6) is 1.21. The monoisotopic (exact) mass is 326 g/mol. The lowest BCUT2D eigenvalue weighted by molar-refractivity contribution is 0.102. The molecule has 24 heavy (non-hydrogen) atoms. The normalized spacial score (nSPS) is 10.5. The second-order valence-corrected chi connectivity index (χ2v) is 5.15. The lowest BCUT2D eigenvalue weighted by atomic mass is 10.1. The van der Waals surface area contributed by atoms with E-state index in [1.807, 2.05) is 24.4 Å². The number of carbonyl (C=O) groups excluding carboxylic acids is 1. The third-order valence-corrected chi connectivity index (χ3v) is 3.74.